The molecule has 0 aliphatic heterocycles. The SMILES string of the molecule is CCn1c(SCCSc2ccc(F)cc2)nnc1-c1ccco1. The highest BCUT2D eigenvalue weighted by atomic mass is 32.2. The molecule has 3 aromatic rings. The van der Waals surface area contributed by atoms with E-state index >= 15 is 0 Å². The molecule has 23 heavy (non-hydrogen) atoms. The summed E-state index contributed by atoms with van der Waals surface area (Å²) in [6, 6.07) is 10.3. The van der Waals surface area contributed by atoms with Gasteiger partial charge in [0.05, 0.1) is 6.26 Å². The minimum atomic E-state index is -0.203. The minimum Gasteiger partial charge on any atom is -0.461 e. The molecule has 0 saturated heterocycles. The predicted molar refractivity (Wildman–Crippen MR) is 91.2 cm³/mol. The maximum absolute atomic E-state index is 12.9. The van der Waals surface area contributed by atoms with E-state index in [1.807, 2.05) is 16.7 Å². The van der Waals surface area contributed by atoms with Gasteiger partial charge in [0.25, 0.3) is 0 Å². The van der Waals surface area contributed by atoms with Gasteiger partial charge in [-0.05, 0) is 43.3 Å². The number of aromatic nitrogens is 3. The number of thioether (sulfide) groups is 2. The molecule has 0 saturated carbocycles. The third-order valence-corrected chi connectivity index (χ3v) is 5.41. The van der Waals surface area contributed by atoms with E-state index in [0.29, 0.717) is 0 Å². The van der Waals surface area contributed by atoms with E-state index < -0.39 is 0 Å². The molecule has 7 heteroatoms. The Kier molecular flexibility index (Phi) is 5.40. The number of hydrogen-bond donors (Lipinski definition) is 0. The maximum Gasteiger partial charge on any atom is 0.200 e. The molecule has 0 unspecified atom stereocenters. The van der Waals surface area contributed by atoms with Gasteiger partial charge in [0.15, 0.2) is 16.7 Å². The Hall–Kier alpha value is -1.73. The summed E-state index contributed by atoms with van der Waals surface area (Å²) >= 11 is 3.37. The lowest BCUT2D eigenvalue weighted by Crippen LogP contribution is -2.00. The Morgan fingerprint density at radius 2 is 1.87 bits per heavy atom. The van der Waals surface area contributed by atoms with Crippen molar-refractivity contribution < 1.29 is 8.81 Å². The Morgan fingerprint density at radius 1 is 1.09 bits per heavy atom. The standard InChI is InChI=1S/C16H16FN3OS2/c1-2-20-15(14-4-3-9-21-14)18-19-16(20)23-11-10-22-13-7-5-12(17)6-8-13/h3-9H,2,10-11H2,1H3. The zero-order valence-corrected chi connectivity index (χ0v) is 14.2. The number of rotatable bonds is 7. The Labute approximate surface area is 142 Å². The second-order valence-electron chi connectivity index (χ2n) is 4.68. The van der Waals surface area contributed by atoms with Gasteiger partial charge in [-0.15, -0.1) is 22.0 Å². The zero-order valence-electron chi connectivity index (χ0n) is 12.6. The second-order valence-corrected chi connectivity index (χ2v) is 6.91. The van der Waals surface area contributed by atoms with Crippen LogP contribution in [0.4, 0.5) is 4.39 Å². The van der Waals surface area contributed by atoms with Gasteiger partial charge in [0.1, 0.15) is 5.82 Å². The molecule has 0 atom stereocenters. The normalized spacial score (nSPS) is 11.0. The lowest BCUT2D eigenvalue weighted by atomic mass is 10.4. The molecule has 2 aromatic heterocycles. The number of benzene rings is 1. The van der Waals surface area contributed by atoms with Crippen LogP contribution >= 0.6 is 23.5 Å². The Bertz CT molecular complexity index is 741. The van der Waals surface area contributed by atoms with Gasteiger partial charge in [-0.2, -0.15) is 0 Å². The van der Waals surface area contributed by atoms with Crippen molar-refractivity contribution in [3.8, 4) is 11.6 Å². The summed E-state index contributed by atoms with van der Waals surface area (Å²) in [6.07, 6.45) is 1.64. The fraction of sp³-hybridized carbons (Fsp3) is 0.250. The molecule has 3 rings (SSSR count). The predicted octanol–water partition coefficient (Wildman–Crippen LogP) is 4.58. The maximum atomic E-state index is 12.9. The molecular weight excluding hydrogens is 333 g/mol. The molecule has 0 bridgehead atoms. The third-order valence-electron chi connectivity index (χ3n) is 3.17. The van der Waals surface area contributed by atoms with Gasteiger partial charge in [-0.25, -0.2) is 4.39 Å². The van der Waals surface area contributed by atoms with Crippen LogP contribution in [0.1, 0.15) is 6.92 Å². The molecule has 0 fully saturated rings. The molecule has 2 heterocycles. The van der Waals surface area contributed by atoms with E-state index in [4.69, 9.17) is 4.42 Å². The van der Waals surface area contributed by atoms with Gasteiger partial charge in [-0.3, -0.25) is 4.57 Å². The van der Waals surface area contributed by atoms with Crippen LogP contribution in [-0.4, -0.2) is 26.3 Å². The van der Waals surface area contributed by atoms with Crippen LogP contribution in [-0.2, 0) is 6.54 Å². The Morgan fingerprint density at radius 3 is 2.57 bits per heavy atom. The monoisotopic (exact) mass is 349 g/mol. The molecule has 0 N–H and O–H groups in total. The van der Waals surface area contributed by atoms with Crippen molar-refractivity contribution in [2.24, 2.45) is 0 Å². The molecule has 120 valence electrons. The molecule has 0 spiro atoms. The van der Waals surface area contributed by atoms with Crippen molar-refractivity contribution in [3.63, 3.8) is 0 Å². The summed E-state index contributed by atoms with van der Waals surface area (Å²) in [5.74, 6) is 3.10. The fourth-order valence-electron chi connectivity index (χ4n) is 2.09. The van der Waals surface area contributed by atoms with Gasteiger partial charge < -0.3 is 4.42 Å². The molecule has 4 nitrogen and oxygen atoms in total. The second kappa shape index (κ2) is 7.70. The van der Waals surface area contributed by atoms with Crippen LogP contribution in [0.25, 0.3) is 11.6 Å². The molecule has 1 aromatic carbocycles. The Balaban J connectivity index is 1.57. The van der Waals surface area contributed by atoms with Crippen molar-refractivity contribution in [1.29, 1.82) is 0 Å². The number of nitrogens with zero attached hydrogens (tertiary/aromatic N) is 3. The van der Waals surface area contributed by atoms with E-state index in [2.05, 4.69) is 17.1 Å². The molecule has 0 radical (unpaired) electrons. The first-order valence-corrected chi connectivity index (χ1v) is 9.23. The summed E-state index contributed by atoms with van der Waals surface area (Å²) in [6.45, 7) is 2.85. The largest absolute Gasteiger partial charge is 0.461 e. The molecule has 0 aliphatic carbocycles. The lowest BCUT2D eigenvalue weighted by molar-refractivity contribution is 0.567. The molecule has 0 aliphatic rings. The van der Waals surface area contributed by atoms with Gasteiger partial charge in [-0.1, -0.05) is 11.8 Å². The van der Waals surface area contributed by atoms with Crippen molar-refractivity contribution in [1.82, 2.24) is 14.8 Å². The molecular formula is C16H16FN3OS2. The molecule has 0 amide bonds. The summed E-state index contributed by atoms with van der Waals surface area (Å²) in [7, 11) is 0. The highest BCUT2D eigenvalue weighted by molar-refractivity contribution is 8.02. The highest BCUT2D eigenvalue weighted by Gasteiger charge is 2.14. The van der Waals surface area contributed by atoms with E-state index in [-0.39, 0.29) is 5.82 Å². The third kappa shape index (κ3) is 3.97. The number of hydrogen-bond acceptors (Lipinski definition) is 5. The summed E-state index contributed by atoms with van der Waals surface area (Å²) in [4.78, 5) is 1.07. The van der Waals surface area contributed by atoms with Crippen LogP contribution in [0.15, 0.2) is 57.1 Å². The first-order valence-electron chi connectivity index (χ1n) is 7.26. The smallest absolute Gasteiger partial charge is 0.200 e. The van der Waals surface area contributed by atoms with Gasteiger partial charge in [0, 0.05) is 22.9 Å². The lowest BCUT2D eigenvalue weighted by Gasteiger charge is -2.05. The highest BCUT2D eigenvalue weighted by Crippen LogP contribution is 2.26. The summed E-state index contributed by atoms with van der Waals surface area (Å²) in [5, 5.41) is 9.37. The average molecular weight is 349 g/mol. The van der Waals surface area contributed by atoms with Gasteiger partial charge in [0.2, 0.25) is 0 Å². The van der Waals surface area contributed by atoms with Crippen molar-refractivity contribution >= 4 is 23.5 Å². The van der Waals surface area contributed by atoms with Gasteiger partial charge >= 0.3 is 0 Å². The first-order chi connectivity index (χ1) is 11.3. The topological polar surface area (TPSA) is 43.9 Å². The quantitative estimate of drug-likeness (QED) is 0.461. The van der Waals surface area contributed by atoms with Crippen LogP contribution in [0.3, 0.4) is 0 Å². The van der Waals surface area contributed by atoms with E-state index in [9.17, 15) is 4.39 Å². The first kappa shape index (κ1) is 16.1. The average Bonchev–Trinajstić information content (AvgIpc) is 3.22. The number of furan rings is 1. The van der Waals surface area contributed by atoms with Crippen LogP contribution < -0.4 is 0 Å². The van der Waals surface area contributed by atoms with E-state index in [1.165, 1.54) is 12.1 Å². The fourth-order valence-corrected chi connectivity index (χ4v) is 3.98. The summed E-state index contributed by atoms with van der Waals surface area (Å²) < 4.78 is 20.3. The number of halogens is 1. The summed E-state index contributed by atoms with van der Waals surface area (Å²) in [5.41, 5.74) is 0. The zero-order chi connectivity index (χ0) is 16.1. The van der Waals surface area contributed by atoms with E-state index in [1.54, 1.807) is 41.9 Å². The van der Waals surface area contributed by atoms with Crippen LogP contribution in [0.2, 0.25) is 0 Å². The minimum absolute atomic E-state index is 0.203. The van der Waals surface area contributed by atoms with Crippen LogP contribution in [0.5, 0.6) is 0 Å². The van der Waals surface area contributed by atoms with E-state index in [0.717, 1.165) is 39.7 Å². The van der Waals surface area contributed by atoms with Crippen molar-refractivity contribution in [3.05, 3.63) is 48.5 Å². The van der Waals surface area contributed by atoms with Crippen LogP contribution in [0, 0.1) is 5.82 Å². The van der Waals surface area contributed by atoms with Crippen molar-refractivity contribution in [2.45, 2.75) is 23.5 Å². The van der Waals surface area contributed by atoms with Crippen molar-refractivity contribution in [2.75, 3.05) is 11.5 Å².